The first-order chi connectivity index (χ1) is 21.6. The van der Waals surface area contributed by atoms with E-state index in [0.29, 0.717) is 0 Å². The maximum atomic E-state index is 11.5. The number of para-hydroxylation sites is 2. The predicted octanol–water partition coefficient (Wildman–Crippen LogP) is 10.0. The number of nitrogens with zero attached hydrogens (tertiary/aromatic N) is 3. The minimum absolute atomic E-state index is 0. The van der Waals surface area contributed by atoms with Crippen LogP contribution in [0.3, 0.4) is 0 Å². The molecule has 4 nitrogen and oxygen atoms in total. The van der Waals surface area contributed by atoms with Gasteiger partial charge >= 0.3 is 0 Å². The van der Waals surface area contributed by atoms with Crippen molar-refractivity contribution in [2.75, 3.05) is 0 Å². The number of pyridine rings is 2. The molecule has 46 heavy (non-hydrogen) atoms. The quantitative estimate of drug-likeness (QED) is 0.182. The molecule has 0 saturated carbocycles. The van der Waals surface area contributed by atoms with Gasteiger partial charge in [0.25, 0.3) is 0 Å². The maximum absolute atomic E-state index is 11.5. The molecule has 0 fully saturated rings. The molecule has 0 aliphatic carbocycles. The molecule has 1 aliphatic rings. The number of aromatic nitrogens is 3. The normalized spacial score (nSPS) is 13.4. The van der Waals surface area contributed by atoms with Crippen LogP contribution >= 0.6 is 0 Å². The maximum Gasteiger partial charge on any atom is 0.144 e. The van der Waals surface area contributed by atoms with Gasteiger partial charge in [0.05, 0.1) is 11.2 Å². The van der Waals surface area contributed by atoms with Crippen molar-refractivity contribution in [1.29, 1.82) is 0 Å². The minimum atomic E-state index is -0.224. The summed E-state index contributed by atoms with van der Waals surface area (Å²) in [5.41, 5.74) is 11.3. The summed E-state index contributed by atoms with van der Waals surface area (Å²) in [4.78, 5) is 10.1. The van der Waals surface area contributed by atoms with Crippen molar-refractivity contribution in [2.24, 2.45) is 0 Å². The number of fused-ring (bicyclic) bond motifs is 5. The van der Waals surface area contributed by atoms with E-state index in [1.807, 2.05) is 48.7 Å². The van der Waals surface area contributed by atoms with Gasteiger partial charge in [-0.3, -0.25) is 4.98 Å². The van der Waals surface area contributed by atoms with Crippen LogP contribution in [0.15, 0.2) is 109 Å². The van der Waals surface area contributed by atoms with Gasteiger partial charge in [-0.15, -0.1) is 23.8 Å². The number of hydrogen-bond acceptors (Lipinski definition) is 3. The zero-order chi connectivity index (χ0) is 31.1. The molecule has 3 aromatic heterocycles. The third-order valence-electron chi connectivity index (χ3n) is 9.37. The second-order valence-electron chi connectivity index (χ2n) is 13.6. The molecule has 1 N–H and O–H groups in total. The van der Waals surface area contributed by atoms with Crippen molar-refractivity contribution >= 4 is 21.9 Å². The molecule has 0 bridgehead atoms. The summed E-state index contributed by atoms with van der Waals surface area (Å²) in [5, 5.41) is 13.9. The Labute approximate surface area is 284 Å². The summed E-state index contributed by atoms with van der Waals surface area (Å²) < 4.78 is 2.28. The number of benzene rings is 4. The summed E-state index contributed by atoms with van der Waals surface area (Å²) >= 11 is 0. The number of phenols is 1. The van der Waals surface area contributed by atoms with Gasteiger partial charge in [0.1, 0.15) is 11.4 Å². The fourth-order valence-corrected chi connectivity index (χ4v) is 7.03. The van der Waals surface area contributed by atoms with Gasteiger partial charge < -0.3 is 9.67 Å². The van der Waals surface area contributed by atoms with E-state index in [1.165, 1.54) is 22.0 Å². The molecule has 8 rings (SSSR count). The first kappa shape index (κ1) is 30.1. The average molecular weight is 780 g/mol. The van der Waals surface area contributed by atoms with Gasteiger partial charge in [-0.25, -0.2) is 4.98 Å². The average Bonchev–Trinajstić information content (AvgIpc) is 3.38. The third-order valence-corrected chi connectivity index (χ3v) is 9.37. The smallest absolute Gasteiger partial charge is 0.144 e. The van der Waals surface area contributed by atoms with Gasteiger partial charge in [-0.05, 0) is 68.7 Å². The van der Waals surface area contributed by atoms with Crippen LogP contribution < -0.4 is 0 Å². The summed E-state index contributed by atoms with van der Waals surface area (Å²) in [6, 6.07) is 39.4. The Morgan fingerprint density at radius 3 is 2.26 bits per heavy atom. The van der Waals surface area contributed by atoms with Crippen LogP contribution in [0, 0.1) is 6.07 Å². The van der Waals surface area contributed by atoms with E-state index < -0.39 is 0 Å². The Morgan fingerprint density at radius 2 is 1.48 bits per heavy atom. The fraction of sp³-hybridized carbons (Fsp3) is 0.171. The van der Waals surface area contributed by atoms with Crippen molar-refractivity contribution in [3.05, 3.63) is 132 Å². The molecular weight excluding hydrogens is 746 g/mol. The first-order valence-corrected chi connectivity index (χ1v) is 15.5. The fourth-order valence-electron chi connectivity index (χ4n) is 7.03. The second kappa shape index (κ2) is 10.8. The van der Waals surface area contributed by atoms with Gasteiger partial charge in [-0.1, -0.05) is 107 Å². The molecule has 0 spiro atoms. The second-order valence-corrected chi connectivity index (χ2v) is 13.6. The van der Waals surface area contributed by atoms with Gasteiger partial charge in [0.15, 0.2) is 0 Å². The number of phenolic OH excluding ortho intramolecular Hbond substituents is 1. The minimum Gasteiger partial charge on any atom is -0.507 e. The van der Waals surface area contributed by atoms with Crippen LogP contribution in [0.5, 0.6) is 5.75 Å². The van der Waals surface area contributed by atoms with Crippen LogP contribution in [0.2, 0.25) is 0 Å². The van der Waals surface area contributed by atoms with E-state index in [2.05, 4.69) is 106 Å². The molecule has 0 unspecified atom stereocenters. The standard InChI is InChI=1S/C41H34N3O.Pt/c1-40(2,3)33-18-10-15-30(38(33)45)35-23-27(25-12-7-6-8-13-25)22-34(43-35)26-19-20-31-36(24-26)44-37-28(29-16-11-21-42-39(29)44)14-9-17-32(37)41(31,4)5;/h6-23,45H,1-5H3;/q-1;. The third kappa shape index (κ3) is 4.54. The SMILES string of the molecule is CC(C)(C)c1cccc(-c2cc(-c3ccccc3)cc(-c3[c-]c4c(cc3)C(C)(C)c3cccc5c6cccnc6n-4c35)n2)c1O.[Pt]. The van der Waals surface area contributed by atoms with E-state index in [1.54, 1.807) is 0 Å². The largest absolute Gasteiger partial charge is 0.507 e. The molecule has 0 atom stereocenters. The Hall–Kier alpha value is -4.53. The topological polar surface area (TPSA) is 50.9 Å². The van der Waals surface area contributed by atoms with Crippen molar-refractivity contribution in [3.63, 3.8) is 0 Å². The van der Waals surface area contributed by atoms with E-state index in [9.17, 15) is 5.11 Å². The molecule has 4 heterocycles. The molecule has 230 valence electrons. The molecule has 1 aliphatic heterocycles. The Morgan fingerprint density at radius 1 is 0.739 bits per heavy atom. The van der Waals surface area contributed by atoms with Crippen LogP contribution in [-0.2, 0) is 31.9 Å². The van der Waals surface area contributed by atoms with Crippen LogP contribution in [0.4, 0.5) is 0 Å². The van der Waals surface area contributed by atoms with Crippen LogP contribution in [0.1, 0.15) is 51.3 Å². The Balaban J connectivity index is 0.00000338. The summed E-state index contributed by atoms with van der Waals surface area (Å²) in [5.74, 6) is 0.272. The molecule has 7 aromatic rings. The van der Waals surface area contributed by atoms with Crippen molar-refractivity contribution in [1.82, 2.24) is 14.5 Å². The van der Waals surface area contributed by atoms with Crippen molar-refractivity contribution in [3.8, 4) is 45.1 Å². The molecule has 5 heteroatoms. The van der Waals surface area contributed by atoms with Gasteiger partial charge in [0.2, 0.25) is 0 Å². The molecule has 4 aromatic carbocycles. The van der Waals surface area contributed by atoms with Crippen molar-refractivity contribution < 1.29 is 26.2 Å². The van der Waals surface area contributed by atoms with Crippen molar-refractivity contribution in [2.45, 2.75) is 45.4 Å². The van der Waals surface area contributed by atoms with Gasteiger partial charge in [0, 0.05) is 43.6 Å². The van der Waals surface area contributed by atoms with E-state index in [4.69, 9.17) is 9.97 Å². The first-order valence-electron chi connectivity index (χ1n) is 15.5. The van der Waals surface area contributed by atoms with E-state index in [-0.39, 0.29) is 37.6 Å². The summed E-state index contributed by atoms with van der Waals surface area (Å²) in [6.07, 6.45) is 1.86. The Bertz CT molecular complexity index is 2290. The number of hydrogen-bond donors (Lipinski definition) is 1. The zero-order valence-electron chi connectivity index (χ0n) is 26.5. The van der Waals surface area contributed by atoms with E-state index >= 15 is 0 Å². The zero-order valence-corrected chi connectivity index (χ0v) is 28.8. The number of rotatable bonds is 3. The van der Waals surface area contributed by atoms with Gasteiger partial charge in [-0.2, -0.15) is 0 Å². The summed E-state index contributed by atoms with van der Waals surface area (Å²) in [6.45, 7) is 10.9. The molecule has 0 radical (unpaired) electrons. The summed E-state index contributed by atoms with van der Waals surface area (Å²) in [7, 11) is 0. The Kier molecular flexibility index (Phi) is 7.06. The van der Waals surface area contributed by atoms with Crippen LogP contribution in [0.25, 0.3) is 61.3 Å². The molecular formula is C41H34N3OPt-. The molecule has 0 saturated heterocycles. The molecule has 0 amide bonds. The predicted molar refractivity (Wildman–Crippen MR) is 184 cm³/mol. The van der Waals surface area contributed by atoms with E-state index in [0.717, 1.165) is 55.9 Å². The number of aromatic hydroxyl groups is 1. The van der Waals surface area contributed by atoms with Crippen LogP contribution in [-0.4, -0.2) is 19.6 Å². The monoisotopic (exact) mass is 779 g/mol.